The van der Waals surface area contributed by atoms with E-state index in [4.69, 9.17) is 23.7 Å². The van der Waals surface area contributed by atoms with E-state index in [2.05, 4.69) is 71.5 Å². The lowest BCUT2D eigenvalue weighted by atomic mass is 9.92. The number of carbonyl (C=O) groups is 4. The average molecular weight is 1470 g/mol. The van der Waals surface area contributed by atoms with E-state index in [1.54, 1.807) is 71.2 Å². The number of carbonyl (C=O) groups excluding carboxylic acids is 4. The molecule has 4 aromatic carbocycles. The van der Waals surface area contributed by atoms with Crippen molar-refractivity contribution in [3.05, 3.63) is 144 Å². The summed E-state index contributed by atoms with van der Waals surface area (Å²) in [6.07, 6.45) is 0.731. The van der Waals surface area contributed by atoms with Crippen LogP contribution >= 0.6 is 113 Å². The second-order valence-corrected chi connectivity index (χ2v) is 19.1. The minimum Gasteiger partial charge on any atom is -0.507 e. The summed E-state index contributed by atoms with van der Waals surface area (Å²) >= 11 is 10.1. The van der Waals surface area contributed by atoms with Gasteiger partial charge in [-0.05, 0) is 203 Å². The molecule has 0 fully saturated rings. The molecule has 0 spiro atoms. The number of aromatic hydroxyl groups is 2. The van der Waals surface area contributed by atoms with Crippen LogP contribution in [0.4, 0.5) is 0 Å². The molecule has 0 radical (unpaired) electrons. The van der Waals surface area contributed by atoms with Gasteiger partial charge in [0.25, 0.3) is 0 Å². The molecule has 1 atom stereocenters. The maximum absolute atomic E-state index is 11.6. The first-order chi connectivity index (χ1) is 28.8. The highest BCUT2D eigenvalue weighted by Gasteiger charge is 2.29. The number of benzene rings is 4. The average Bonchev–Trinajstić information content (AvgIpc) is 3.19. The summed E-state index contributed by atoms with van der Waals surface area (Å²) in [6.45, 7) is 26.5. The number of hydrogen-bond donors (Lipinski definition) is 2. The number of halogens is 5. The van der Waals surface area contributed by atoms with Crippen molar-refractivity contribution in [3.63, 3.8) is 0 Å². The van der Waals surface area contributed by atoms with E-state index >= 15 is 0 Å². The largest absolute Gasteiger partial charge is 0.507 e. The smallest absolute Gasteiger partial charge is 0.338 e. The summed E-state index contributed by atoms with van der Waals surface area (Å²) in [5, 5.41) is 18.7. The van der Waals surface area contributed by atoms with Crippen LogP contribution in [0.25, 0.3) is 0 Å². The first-order valence-electron chi connectivity index (χ1n) is 18.1. The maximum atomic E-state index is 11.6. The van der Waals surface area contributed by atoms with Crippen LogP contribution < -0.4 is 18.9 Å². The van der Waals surface area contributed by atoms with Crippen LogP contribution in [-0.2, 0) is 29.5 Å². The standard InChI is InChI=1S/C15H20O2.C11H10I2O3.C10H8I2O3.C10H9IO3.4CH4/c1-6-15(5,17-14(16)11(2)3)13-9-7-12(4)8-10-13;1-6(2)11(14)16-7-4-8(12)10(15-3)9(13)5-7;1-5(2)10(14)15-9-4-6(11)8(13)3-7(9)12;1-6(2)10(13)14-8-5-3-4-7(12)9(8)11;;;;/h7-10H,2,6H2,1,3-5H3;4-5H,1H2,2-3H3;3-4,13H,1H2,2H3;3-5,12H,1H2,2H3;4*1H4. The minimum atomic E-state index is -0.580. The van der Waals surface area contributed by atoms with Crippen molar-refractivity contribution in [1.29, 1.82) is 0 Å². The molecule has 0 aliphatic carbocycles. The Morgan fingerprint density at radius 1 is 0.591 bits per heavy atom. The van der Waals surface area contributed by atoms with Crippen molar-refractivity contribution in [1.82, 2.24) is 0 Å². The highest BCUT2D eigenvalue weighted by atomic mass is 127. The molecule has 0 bridgehead atoms. The van der Waals surface area contributed by atoms with Gasteiger partial charge in [0.1, 0.15) is 40.1 Å². The zero-order valence-electron chi connectivity index (χ0n) is 35.3. The minimum absolute atomic E-state index is 0. The van der Waals surface area contributed by atoms with Gasteiger partial charge in [0.15, 0.2) is 0 Å². The Kier molecular flexibility index (Phi) is 35.0. The lowest BCUT2D eigenvalue weighted by molar-refractivity contribution is -0.154. The van der Waals surface area contributed by atoms with E-state index in [0.29, 0.717) is 50.3 Å². The van der Waals surface area contributed by atoms with Crippen molar-refractivity contribution in [2.45, 2.75) is 90.2 Å². The molecule has 0 aliphatic rings. The van der Waals surface area contributed by atoms with Gasteiger partial charge in [-0.2, -0.15) is 0 Å². The van der Waals surface area contributed by atoms with Crippen molar-refractivity contribution >= 4 is 137 Å². The number of esters is 4. The van der Waals surface area contributed by atoms with Crippen LogP contribution in [-0.4, -0.2) is 41.2 Å². The van der Waals surface area contributed by atoms with Crippen LogP contribution in [0.5, 0.6) is 34.5 Å². The Morgan fingerprint density at radius 2 is 1.03 bits per heavy atom. The van der Waals surface area contributed by atoms with Gasteiger partial charge in [-0.3, -0.25) is 0 Å². The highest BCUT2D eigenvalue weighted by molar-refractivity contribution is 14.1. The third-order valence-electron chi connectivity index (χ3n) is 7.78. The first-order valence-corrected chi connectivity index (χ1v) is 23.4. The highest BCUT2D eigenvalue weighted by Crippen LogP contribution is 2.33. The van der Waals surface area contributed by atoms with Crippen LogP contribution in [0.15, 0.2) is 115 Å². The van der Waals surface area contributed by atoms with Gasteiger partial charge in [0, 0.05) is 22.3 Å². The van der Waals surface area contributed by atoms with E-state index in [1.807, 2.05) is 113 Å². The fourth-order valence-electron chi connectivity index (χ4n) is 4.07. The molecule has 16 heteroatoms. The van der Waals surface area contributed by atoms with Crippen molar-refractivity contribution < 1.29 is 53.1 Å². The Morgan fingerprint density at radius 3 is 1.45 bits per heavy atom. The summed E-state index contributed by atoms with van der Waals surface area (Å²) < 4.78 is 29.6. The van der Waals surface area contributed by atoms with Gasteiger partial charge >= 0.3 is 23.9 Å². The SMILES string of the molecule is C.C.C.C.C=C(C)C(=O)OC(C)(CC)c1ccc(C)cc1.C=C(C)C(=O)Oc1cc(I)c(O)cc1I.C=C(C)C(=O)Oc1cc(I)c(OC)c(I)c1.C=C(C)C(=O)Oc1cccc(O)c1I. The fraction of sp³-hybridized carbons (Fsp3) is 0.280. The monoisotopic (exact) mass is 1470 g/mol. The summed E-state index contributed by atoms with van der Waals surface area (Å²) in [4.78, 5) is 45.4. The second kappa shape index (κ2) is 33.3. The third-order valence-corrected chi connectivity index (χ3v) is 12.2. The number of methoxy groups -OCH3 is 1. The van der Waals surface area contributed by atoms with Crippen LogP contribution in [0.1, 0.15) is 88.8 Å². The molecular formula is C50H63I5O11. The molecule has 4 rings (SSSR count). The van der Waals surface area contributed by atoms with Crippen molar-refractivity contribution in [2.75, 3.05) is 7.11 Å². The van der Waals surface area contributed by atoms with E-state index < -0.39 is 23.5 Å². The summed E-state index contributed by atoms with van der Waals surface area (Å²) in [5.41, 5.74) is 3.10. The van der Waals surface area contributed by atoms with Gasteiger partial charge < -0.3 is 33.9 Å². The predicted octanol–water partition coefficient (Wildman–Crippen LogP) is 15.2. The lowest BCUT2D eigenvalue weighted by Gasteiger charge is -2.29. The molecule has 0 saturated heterocycles. The number of rotatable bonds is 11. The van der Waals surface area contributed by atoms with Gasteiger partial charge in [-0.25, -0.2) is 19.2 Å². The molecule has 0 saturated carbocycles. The molecule has 0 aromatic heterocycles. The van der Waals surface area contributed by atoms with E-state index in [1.165, 1.54) is 11.6 Å². The molecule has 4 aromatic rings. The Bertz CT molecular complexity index is 2300. The number of ether oxygens (including phenoxy) is 5. The Balaban J connectivity index is -0.000000381. The third kappa shape index (κ3) is 23.2. The van der Waals surface area contributed by atoms with Gasteiger partial charge in [0.05, 0.1) is 25.0 Å². The summed E-state index contributed by atoms with van der Waals surface area (Å²) in [6, 6.07) is 19.5. The Hall–Kier alpha value is -3.23. The molecule has 11 nitrogen and oxygen atoms in total. The van der Waals surface area contributed by atoms with E-state index in [9.17, 15) is 29.4 Å². The van der Waals surface area contributed by atoms with Crippen LogP contribution in [0, 0.1) is 24.8 Å². The number of phenols is 2. The number of aryl methyl sites for hydroxylation is 1. The topological polar surface area (TPSA) is 155 Å². The summed E-state index contributed by atoms with van der Waals surface area (Å²) in [5.74, 6) is 0.630. The molecule has 1 unspecified atom stereocenters. The van der Waals surface area contributed by atoms with Gasteiger partial charge in [-0.15, -0.1) is 0 Å². The molecule has 364 valence electrons. The molecule has 2 N–H and O–H groups in total. The molecule has 0 aliphatic heterocycles. The van der Waals surface area contributed by atoms with Crippen LogP contribution in [0.2, 0.25) is 0 Å². The maximum Gasteiger partial charge on any atom is 0.338 e. The van der Waals surface area contributed by atoms with Gasteiger partial charge in [0.2, 0.25) is 0 Å². The lowest BCUT2D eigenvalue weighted by Crippen LogP contribution is -2.28. The van der Waals surface area contributed by atoms with Crippen molar-refractivity contribution in [2.24, 2.45) is 0 Å². The normalized spacial score (nSPS) is 10.2. The zero-order chi connectivity index (χ0) is 47.6. The van der Waals surface area contributed by atoms with Crippen molar-refractivity contribution in [3.8, 4) is 34.5 Å². The predicted molar refractivity (Wildman–Crippen MR) is 311 cm³/mol. The van der Waals surface area contributed by atoms with Crippen LogP contribution in [0.3, 0.4) is 0 Å². The second-order valence-electron chi connectivity index (χ2n) is 13.4. The molecule has 66 heavy (non-hydrogen) atoms. The molecule has 0 heterocycles. The first kappa shape index (κ1) is 69.3. The van der Waals surface area contributed by atoms with E-state index in [0.717, 1.165) is 24.9 Å². The fourth-order valence-corrected chi connectivity index (χ4v) is 7.69. The van der Waals surface area contributed by atoms with Gasteiger partial charge in [-0.1, -0.05) is 98.8 Å². The molecule has 0 amide bonds. The number of phenolic OH excluding ortho intramolecular Hbond substituents is 2. The quantitative estimate of drug-likeness (QED) is 0.0638. The van der Waals surface area contributed by atoms with E-state index in [-0.39, 0.29) is 47.2 Å². The number of hydrogen-bond acceptors (Lipinski definition) is 11. The molecular weight excluding hydrogens is 1410 g/mol. The zero-order valence-corrected chi connectivity index (χ0v) is 46.1. The Labute approximate surface area is 460 Å². The summed E-state index contributed by atoms with van der Waals surface area (Å²) in [7, 11) is 1.61.